The van der Waals surface area contributed by atoms with E-state index in [0.29, 0.717) is 11.1 Å². The van der Waals surface area contributed by atoms with E-state index in [1.807, 2.05) is 39.8 Å². The molecule has 0 aliphatic rings. The second kappa shape index (κ2) is 8.87. The van der Waals surface area contributed by atoms with E-state index in [1.165, 1.54) is 12.4 Å². The zero-order valence-corrected chi connectivity index (χ0v) is 17.6. The van der Waals surface area contributed by atoms with Crippen LogP contribution in [0.2, 0.25) is 0 Å². The van der Waals surface area contributed by atoms with E-state index in [9.17, 15) is 9.59 Å². The van der Waals surface area contributed by atoms with E-state index in [-0.39, 0.29) is 17.4 Å². The molecular weight excluding hydrogens is 352 g/mol. The number of hydrogen-bond donors (Lipinski definition) is 2. The molecule has 2 amide bonds. The lowest BCUT2D eigenvalue weighted by Crippen LogP contribution is -2.40. The van der Waals surface area contributed by atoms with Crippen LogP contribution < -0.4 is 15.5 Å². The number of anilines is 2. The van der Waals surface area contributed by atoms with Crippen molar-refractivity contribution in [2.45, 2.75) is 47.1 Å². The fourth-order valence-corrected chi connectivity index (χ4v) is 2.87. The van der Waals surface area contributed by atoms with Crippen LogP contribution in [0, 0.1) is 6.92 Å². The summed E-state index contributed by atoms with van der Waals surface area (Å²) in [5.41, 5.74) is 3.18. The average Bonchev–Trinajstić information content (AvgIpc) is 2.63. The standard InChI is InChI=1S/C22H30N4O2/c1-7-26(8-2)18-9-10-19(15(3)11-18)24-20(27)16-12-17(14-23-13-16)21(28)25-22(4,5)6/h9-14H,7-8H2,1-6H3,(H,24,27)(H,25,28). The zero-order valence-electron chi connectivity index (χ0n) is 17.6. The Balaban J connectivity index is 2.17. The highest BCUT2D eigenvalue weighted by atomic mass is 16.2. The predicted molar refractivity (Wildman–Crippen MR) is 114 cm³/mol. The second-order valence-electron chi connectivity index (χ2n) is 7.79. The Morgan fingerprint density at radius 2 is 1.61 bits per heavy atom. The summed E-state index contributed by atoms with van der Waals surface area (Å²) >= 11 is 0. The number of rotatable bonds is 6. The number of hydrogen-bond acceptors (Lipinski definition) is 4. The van der Waals surface area contributed by atoms with Gasteiger partial charge in [-0.1, -0.05) is 0 Å². The molecule has 1 heterocycles. The number of nitrogens with one attached hydrogen (secondary N) is 2. The maximum Gasteiger partial charge on any atom is 0.257 e. The van der Waals surface area contributed by atoms with Crippen molar-refractivity contribution in [3.63, 3.8) is 0 Å². The molecule has 1 aromatic heterocycles. The van der Waals surface area contributed by atoms with Crippen LogP contribution in [-0.4, -0.2) is 35.4 Å². The van der Waals surface area contributed by atoms with E-state index in [2.05, 4.69) is 40.4 Å². The van der Waals surface area contributed by atoms with Gasteiger partial charge >= 0.3 is 0 Å². The van der Waals surface area contributed by atoms with Gasteiger partial charge in [0.15, 0.2) is 0 Å². The van der Waals surface area contributed by atoms with Crippen molar-refractivity contribution in [3.05, 3.63) is 53.3 Å². The molecule has 2 N–H and O–H groups in total. The van der Waals surface area contributed by atoms with Crippen molar-refractivity contribution in [1.29, 1.82) is 0 Å². The summed E-state index contributed by atoms with van der Waals surface area (Å²) in [5.74, 6) is -0.550. The van der Waals surface area contributed by atoms with Gasteiger partial charge in [-0.2, -0.15) is 0 Å². The van der Waals surface area contributed by atoms with Crippen LogP contribution in [0.1, 0.15) is 60.9 Å². The summed E-state index contributed by atoms with van der Waals surface area (Å²) in [6.45, 7) is 13.8. The highest BCUT2D eigenvalue weighted by Crippen LogP contribution is 2.23. The molecule has 6 heteroatoms. The van der Waals surface area contributed by atoms with E-state index in [4.69, 9.17) is 0 Å². The summed E-state index contributed by atoms with van der Waals surface area (Å²) in [4.78, 5) is 31.3. The lowest BCUT2D eigenvalue weighted by atomic mass is 10.1. The third-order valence-corrected chi connectivity index (χ3v) is 4.34. The first-order valence-electron chi connectivity index (χ1n) is 9.59. The molecule has 0 radical (unpaired) electrons. The van der Waals surface area contributed by atoms with E-state index >= 15 is 0 Å². The molecule has 6 nitrogen and oxygen atoms in total. The molecule has 2 rings (SSSR count). The van der Waals surface area contributed by atoms with Crippen LogP contribution in [-0.2, 0) is 0 Å². The number of carbonyl (C=O) groups is 2. The molecule has 1 aromatic carbocycles. The number of amides is 2. The smallest absolute Gasteiger partial charge is 0.257 e. The van der Waals surface area contributed by atoms with Gasteiger partial charge in [-0.05, 0) is 71.4 Å². The van der Waals surface area contributed by atoms with Gasteiger partial charge in [0.1, 0.15) is 0 Å². The quantitative estimate of drug-likeness (QED) is 0.791. The number of benzene rings is 1. The molecule has 0 bridgehead atoms. The van der Waals surface area contributed by atoms with Crippen molar-refractivity contribution < 1.29 is 9.59 Å². The minimum absolute atomic E-state index is 0.255. The van der Waals surface area contributed by atoms with Crippen LogP contribution in [0.15, 0.2) is 36.7 Å². The number of aromatic nitrogens is 1. The van der Waals surface area contributed by atoms with Crippen molar-refractivity contribution in [3.8, 4) is 0 Å². The number of nitrogens with zero attached hydrogens (tertiary/aromatic N) is 2. The monoisotopic (exact) mass is 382 g/mol. The number of aryl methyl sites for hydroxylation is 1. The molecule has 2 aromatic rings. The highest BCUT2D eigenvalue weighted by molar-refractivity contribution is 6.06. The van der Waals surface area contributed by atoms with Crippen LogP contribution in [0.25, 0.3) is 0 Å². The molecule has 0 unspecified atom stereocenters. The van der Waals surface area contributed by atoms with Gasteiger partial charge in [0, 0.05) is 42.4 Å². The van der Waals surface area contributed by atoms with Crippen molar-refractivity contribution in [1.82, 2.24) is 10.3 Å². The second-order valence-corrected chi connectivity index (χ2v) is 7.79. The van der Waals surface area contributed by atoms with E-state index in [1.54, 1.807) is 6.07 Å². The maximum absolute atomic E-state index is 12.7. The summed E-state index contributed by atoms with van der Waals surface area (Å²) in [6.07, 6.45) is 2.92. The Bertz CT molecular complexity index is 852. The Morgan fingerprint density at radius 1 is 1.00 bits per heavy atom. The van der Waals surface area contributed by atoms with Gasteiger partial charge in [-0.15, -0.1) is 0 Å². The number of pyridine rings is 1. The highest BCUT2D eigenvalue weighted by Gasteiger charge is 2.17. The van der Waals surface area contributed by atoms with Crippen molar-refractivity contribution >= 4 is 23.2 Å². The SMILES string of the molecule is CCN(CC)c1ccc(NC(=O)c2cncc(C(=O)NC(C)(C)C)c2)c(C)c1. The van der Waals surface area contributed by atoms with Gasteiger partial charge in [0.2, 0.25) is 0 Å². The number of carbonyl (C=O) groups excluding carboxylic acids is 2. The van der Waals surface area contributed by atoms with Gasteiger partial charge in [0.25, 0.3) is 11.8 Å². The normalized spacial score (nSPS) is 11.1. The lowest BCUT2D eigenvalue weighted by molar-refractivity contribution is 0.0919. The third kappa shape index (κ3) is 5.55. The van der Waals surface area contributed by atoms with Crippen LogP contribution in [0.4, 0.5) is 11.4 Å². The fraction of sp³-hybridized carbons (Fsp3) is 0.409. The summed E-state index contributed by atoms with van der Waals surface area (Å²) in [7, 11) is 0. The molecule has 150 valence electrons. The predicted octanol–water partition coefficient (Wildman–Crippen LogP) is 4.02. The van der Waals surface area contributed by atoms with Gasteiger partial charge in [-0.25, -0.2) is 0 Å². The fourth-order valence-electron chi connectivity index (χ4n) is 2.87. The summed E-state index contributed by atoms with van der Waals surface area (Å²) < 4.78 is 0. The molecule has 0 atom stereocenters. The molecule has 0 aliphatic carbocycles. The minimum atomic E-state index is -0.362. The molecule has 0 saturated carbocycles. The molecular formula is C22H30N4O2. The molecule has 0 fully saturated rings. The van der Waals surface area contributed by atoms with E-state index in [0.717, 1.165) is 30.0 Å². The van der Waals surface area contributed by atoms with Gasteiger partial charge in [0.05, 0.1) is 11.1 Å². The van der Waals surface area contributed by atoms with Gasteiger partial charge in [-0.3, -0.25) is 14.6 Å². The Morgan fingerprint density at radius 3 is 2.14 bits per heavy atom. The molecule has 28 heavy (non-hydrogen) atoms. The third-order valence-electron chi connectivity index (χ3n) is 4.34. The zero-order chi connectivity index (χ0) is 20.9. The first-order chi connectivity index (χ1) is 13.1. The lowest BCUT2D eigenvalue weighted by Gasteiger charge is -2.22. The Hall–Kier alpha value is -2.89. The summed E-state index contributed by atoms with van der Waals surface area (Å²) in [5, 5.41) is 5.79. The molecule has 0 spiro atoms. The molecule has 0 saturated heterocycles. The summed E-state index contributed by atoms with van der Waals surface area (Å²) in [6, 6.07) is 7.53. The first kappa shape index (κ1) is 21.4. The topological polar surface area (TPSA) is 74.3 Å². The first-order valence-corrected chi connectivity index (χ1v) is 9.59. The molecule has 0 aliphatic heterocycles. The minimum Gasteiger partial charge on any atom is -0.372 e. The van der Waals surface area contributed by atoms with Crippen LogP contribution in [0.5, 0.6) is 0 Å². The Kier molecular flexibility index (Phi) is 6.78. The van der Waals surface area contributed by atoms with Crippen LogP contribution in [0.3, 0.4) is 0 Å². The van der Waals surface area contributed by atoms with Crippen LogP contribution >= 0.6 is 0 Å². The van der Waals surface area contributed by atoms with E-state index < -0.39 is 0 Å². The average molecular weight is 383 g/mol. The van der Waals surface area contributed by atoms with Crippen molar-refractivity contribution in [2.24, 2.45) is 0 Å². The Labute approximate surface area is 167 Å². The van der Waals surface area contributed by atoms with Crippen molar-refractivity contribution in [2.75, 3.05) is 23.3 Å². The maximum atomic E-state index is 12.7. The van der Waals surface area contributed by atoms with Gasteiger partial charge < -0.3 is 15.5 Å². The largest absolute Gasteiger partial charge is 0.372 e.